The fourth-order valence-electron chi connectivity index (χ4n) is 3.63. The van der Waals surface area contributed by atoms with Crippen molar-refractivity contribution in [2.45, 2.75) is 13.8 Å². The number of carbonyl (C=O) groups excluding carboxylic acids is 1. The van der Waals surface area contributed by atoms with E-state index in [1.54, 1.807) is 12.1 Å². The second-order valence-electron chi connectivity index (χ2n) is 8.67. The Bertz CT molecular complexity index is 1380. The minimum absolute atomic E-state index is 0.0512. The van der Waals surface area contributed by atoms with Crippen LogP contribution in [0.1, 0.15) is 13.8 Å². The van der Waals surface area contributed by atoms with Gasteiger partial charge >= 0.3 is 5.97 Å². The van der Waals surface area contributed by atoms with Gasteiger partial charge in [-0.1, -0.05) is 0 Å². The van der Waals surface area contributed by atoms with Crippen LogP contribution in [0, 0.1) is 10.1 Å². The Hall–Kier alpha value is -4.95. The molecule has 0 aliphatic rings. The van der Waals surface area contributed by atoms with E-state index in [2.05, 4.69) is 25.4 Å². The van der Waals surface area contributed by atoms with Crippen molar-refractivity contribution in [3.05, 3.63) is 70.8 Å². The summed E-state index contributed by atoms with van der Waals surface area (Å²) in [6.07, 6.45) is 0. The second kappa shape index (κ2) is 16.3. The molecular formula is C28H34N8O6. The Labute approximate surface area is 243 Å². The largest absolute Gasteiger partial charge is 0.490 e. The highest BCUT2D eigenvalue weighted by Gasteiger charge is 2.14. The number of hydrogen-bond acceptors (Lipinski definition) is 13. The number of likely N-dealkylation sites (N-methyl/N-ethyl adjacent to an activating group) is 1. The van der Waals surface area contributed by atoms with Crippen molar-refractivity contribution < 1.29 is 23.9 Å². The number of nitrogens with two attached hydrogens (primary N) is 2. The molecule has 0 saturated heterocycles. The molecule has 0 fully saturated rings. The van der Waals surface area contributed by atoms with Gasteiger partial charge in [-0.25, -0.2) is 0 Å². The lowest BCUT2D eigenvalue weighted by molar-refractivity contribution is -0.384. The lowest BCUT2D eigenvalue weighted by Gasteiger charge is -2.22. The third-order valence-electron chi connectivity index (χ3n) is 5.66. The van der Waals surface area contributed by atoms with Crippen LogP contribution in [0.25, 0.3) is 0 Å². The molecule has 4 N–H and O–H groups in total. The zero-order chi connectivity index (χ0) is 30.3. The van der Waals surface area contributed by atoms with E-state index in [-0.39, 0.29) is 38.0 Å². The number of ether oxygens (including phenoxy) is 3. The molecule has 0 radical (unpaired) electrons. The van der Waals surface area contributed by atoms with Crippen molar-refractivity contribution in [3.8, 4) is 11.5 Å². The molecule has 42 heavy (non-hydrogen) atoms. The van der Waals surface area contributed by atoms with Crippen LogP contribution in [-0.2, 0) is 9.53 Å². The lowest BCUT2D eigenvalue weighted by Crippen LogP contribution is -2.27. The molecule has 3 aromatic rings. The molecule has 3 rings (SSSR count). The van der Waals surface area contributed by atoms with E-state index in [9.17, 15) is 14.9 Å². The van der Waals surface area contributed by atoms with E-state index in [0.717, 1.165) is 12.2 Å². The number of non-ortho nitro benzene ring substituents is 1. The minimum atomic E-state index is -0.490. The van der Waals surface area contributed by atoms with E-state index >= 15 is 0 Å². The number of benzene rings is 3. The Balaban J connectivity index is 1.87. The maximum atomic E-state index is 11.1. The number of anilines is 1. The number of nitro groups is 1. The van der Waals surface area contributed by atoms with Crippen LogP contribution in [0.5, 0.6) is 11.5 Å². The van der Waals surface area contributed by atoms with Gasteiger partial charge in [-0.15, -0.1) is 10.2 Å². The van der Waals surface area contributed by atoms with Gasteiger partial charge in [0.15, 0.2) is 0 Å². The maximum absolute atomic E-state index is 11.1. The molecule has 0 unspecified atom stereocenters. The van der Waals surface area contributed by atoms with Crippen LogP contribution in [0.4, 0.5) is 34.1 Å². The molecule has 222 valence electrons. The quantitative estimate of drug-likeness (QED) is 0.0956. The van der Waals surface area contributed by atoms with Gasteiger partial charge in [-0.2, -0.15) is 10.2 Å². The van der Waals surface area contributed by atoms with Crippen LogP contribution in [0.3, 0.4) is 0 Å². The van der Waals surface area contributed by atoms with Gasteiger partial charge < -0.3 is 30.6 Å². The van der Waals surface area contributed by atoms with Crippen molar-refractivity contribution in [2.24, 2.45) is 31.9 Å². The molecule has 0 saturated carbocycles. The first-order valence-electron chi connectivity index (χ1n) is 13.2. The Morgan fingerprint density at radius 1 is 0.833 bits per heavy atom. The summed E-state index contributed by atoms with van der Waals surface area (Å²) in [6, 6.07) is 16.4. The Morgan fingerprint density at radius 3 is 1.76 bits per heavy atom. The predicted octanol–water partition coefficient (Wildman–Crippen LogP) is 5.49. The molecule has 0 aliphatic carbocycles. The van der Waals surface area contributed by atoms with Crippen molar-refractivity contribution in [1.82, 2.24) is 0 Å². The average molecular weight is 579 g/mol. The third kappa shape index (κ3) is 9.60. The lowest BCUT2D eigenvalue weighted by atomic mass is 10.2. The molecule has 0 amide bonds. The van der Waals surface area contributed by atoms with E-state index in [0.29, 0.717) is 47.4 Å². The monoisotopic (exact) mass is 578 g/mol. The Morgan fingerprint density at radius 2 is 1.33 bits per heavy atom. The van der Waals surface area contributed by atoms with Crippen LogP contribution in [0.2, 0.25) is 0 Å². The van der Waals surface area contributed by atoms with Gasteiger partial charge in [-0.05, 0) is 43.3 Å². The van der Waals surface area contributed by atoms with Gasteiger partial charge in [0.2, 0.25) is 0 Å². The smallest absolute Gasteiger partial charge is 0.302 e. The molecule has 14 nitrogen and oxygen atoms in total. The van der Waals surface area contributed by atoms with Gasteiger partial charge in [0, 0.05) is 56.5 Å². The summed E-state index contributed by atoms with van der Waals surface area (Å²) >= 11 is 0. The average Bonchev–Trinajstić information content (AvgIpc) is 3.00. The summed E-state index contributed by atoms with van der Waals surface area (Å²) < 4.78 is 16.7. The first kappa shape index (κ1) is 31.6. The zero-order valence-electron chi connectivity index (χ0n) is 23.5. The minimum Gasteiger partial charge on any atom is -0.490 e. The number of azo groups is 2. The topological polar surface area (TPSA) is 193 Å². The zero-order valence-corrected chi connectivity index (χ0v) is 23.5. The molecule has 0 aromatic heterocycles. The number of nitro benzene ring substituents is 1. The van der Waals surface area contributed by atoms with Crippen molar-refractivity contribution >= 4 is 40.1 Å². The number of carbonyl (C=O) groups is 1. The van der Waals surface area contributed by atoms with Gasteiger partial charge in [0.1, 0.15) is 42.7 Å². The highest BCUT2D eigenvalue weighted by Crippen LogP contribution is 2.41. The molecular weight excluding hydrogens is 544 g/mol. The van der Waals surface area contributed by atoms with E-state index < -0.39 is 4.92 Å². The van der Waals surface area contributed by atoms with Crippen LogP contribution in [0.15, 0.2) is 81.1 Å². The van der Waals surface area contributed by atoms with Gasteiger partial charge in [0.25, 0.3) is 5.69 Å². The van der Waals surface area contributed by atoms with Crippen LogP contribution in [-0.4, -0.2) is 56.9 Å². The van der Waals surface area contributed by atoms with Gasteiger partial charge in [-0.3, -0.25) is 14.9 Å². The SMILES string of the molecule is CCN(CCOC(C)=O)c1ccc(/N=N/c2cc(OCCN)c(/N=N/c3ccc([N+](=O)[O-])cc3)cc2OCCN)cc1. The fourth-order valence-corrected chi connectivity index (χ4v) is 3.63. The maximum Gasteiger partial charge on any atom is 0.302 e. The van der Waals surface area contributed by atoms with Crippen LogP contribution >= 0.6 is 0 Å². The third-order valence-corrected chi connectivity index (χ3v) is 5.66. The van der Waals surface area contributed by atoms with E-state index in [1.807, 2.05) is 31.2 Å². The second-order valence-corrected chi connectivity index (χ2v) is 8.67. The first-order valence-corrected chi connectivity index (χ1v) is 13.2. The summed E-state index contributed by atoms with van der Waals surface area (Å²) in [5, 5.41) is 28.1. The number of hydrogen-bond donors (Lipinski definition) is 2. The molecule has 14 heteroatoms. The highest BCUT2D eigenvalue weighted by atomic mass is 16.6. The van der Waals surface area contributed by atoms with Crippen molar-refractivity contribution in [3.63, 3.8) is 0 Å². The molecule has 0 spiro atoms. The van der Waals surface area contributed by atoms with E-state index in [4.69, 9.17) is 25.7 Å². The first-order chi connectivity index (χ1) is 20.3. The van der Waals surface area contributed by atoms with E-state index in [1.165, 1.54) is 31.2 Å². The molecule has 3 aromatic carbocycles. The fraction of sp³-hybridized carbons (Fsp3) is 0.321. The Kier molecular flexibility index (Phi) is 12.3. The summed E-state index contributed by atoms with van der Waals surface area (Å²) in [5.74, 6) is 0.400. The molecule has 0 atom stereocenters. The molecule has 0 aliphatic heterocycles. The number of rotatable bonds is 16. The predicted molar refractivity (Wildman–Crippen MR) is 158 cm³/mol. The van der Waals surface area contributed by atoms with Crippen molar-refractivity contribution in [1.29, 1.82) is 0 Å². The summed E-state index contributed by atoms with van der Waals surface area (Å²) in [6.45, 7) is 5.98. The number of nitrogens with zero attached hydrogens (tertiary/aromatic N) is 6. The van der Waals surface area contributed by atoms with Crippen LogP contribution < -0.4 is 25.8 Å². The van der Waals surface area contributed by atoms with Crippen molar-refractivity contribution in [2.75, 3.05) is 50.9 Å². The standard InChI is InChI=1S/C28H34N8O6/c1-3-35(14-17-40-20(2)37)23-8-4-21(5-9-23)31-33-25-18-28(42-16-13-30)26(19-27(25)41-15-12-29)34-32-22-6-10-24(11-7-22)36(38)39/h4-11,18-19H,3,12-17,29-30H2,1-2H3/b33-31+,34-32+. The summed E-state index contributed by atoms with van der Waals surface area (Å²) in [5.41, 5.74) is 13.9. The summed E-state index contributed by atoms with van der Waals surface area (Å²) in [4.78, 5) is 23.6. The summed E-state index contributed by atoms with van der Waals surface area (Å²) in [7, 11) is 0. The highest BCUT2D eigenvalue weighted by molar-refractivity contribution is 5.67. The van der Waals surface area contributed by atoms with Gasteiger partial charge in [0.05, 0.1) is 22.8 Å². The molecule has 0 heterocycles. The normalized spacial score (nSPS) is 11.1. The molecule has 0 bridgehead atoms. The number of esters is 1.